The van der Waals surface area contributed by atoms with Crippen LogP contribution in [0.2, 0.25) is 5.02 Å². The average molecular weight is 533 g/mol. The van der Waals surface area contributed by atoms with Gasteiger partial charge in [-0.1, -0.05) is 37.1 Å². The zero-order chi connectivity index (χ0) is 27.2. The number of fused-ring (bicyclic) bond motifs is 1. The van der Waals surface area contributed by atoms with Crippen molar-refractivity contribution in [1.29, 1.82) is 5.26 Å². The molecule has 1 unspecified atom stereocenters. The molecule has 38 heavy (non-hydrogen) atoms. The first-order valence-corrected chi connectivity index (χ1v) is 13.5. The van der Waals surface area contributed by atoms with Crippen LogP contribution in [0.15, 0.2) is 54.5 Å². The lowest BCUT2D eigenvalue weighted by molar-refractivity contribution is 0.145. The van der Waals surface area contributed by atoms with E-state index in [-0.39, 0.29) is 11.2 Å². The van der Waals surface area contributed by atoms with Crippen molar-refractivity contribution in [2.75, 3.05) is 17.2 Å². The Labute approximate surface area is 228 Å². The maximum absolute atomic E-state index is 13.8. The van der Waals surface area contributed by atoms with Gasteiger partial charge in [0.1, 0.15) is 11.9 Å². The summed E-state index contributed by atoms with van der Waals surface area (Å²) in [7, 11) is 0. The largest absolute Gasteiger partial charge is 0.383 e. The van der Waals surface area contributed by atoms with Gasteiger partial charge >= 0.3 is 0 Å². The van der Waals surface area contributed by atoms with Crippen molar-refractivity contribution in [2.45, 2.75) is 57.5 Å². The molecule has 2 aromatic carbocycles. The molecule has 0 radical (unpaired) electrons. The molecule has 2 saturated carbocycles. The Morgan fingerprint density at radius 1 is 1.32 bits per heavy atom. The molecule has 0 spiro atoms. The molecule has 196 valence electrons. The van der Waals surface area contributed by atoms with Crippen molar-refractivity contribution >= 4 is 33.9 Å². The molecule has 4 N–H and O–H groups in total. The lowest BCUT2D eigenvalue weighted by Gasteiger charge is -2.41. The van der Waals surface area contributed by atoms with Crippen LogP contribution in [0.5, 0.6) is 0 Å². The van der Waals surface area contributed by atoms with Crippen LogP contribution in [0.25, 0.3) is 10.9 Å². The van der Waals surface area contributed by atoms with Crippen molar-refractivity contribution in [3.63, 3.8) is 0 Å². The molecular weight excluding hydrogens is 501 g/mol. The smallest absolute Gasteiger partial charge is 0.123 e. The maximum Gasteiger partial charge on any atom is 0.123 e. The molecule has 0 bridgehead atoms. The maximum atomic E-state index is 13.8. The molecular formula is C29H31ClFN7. The highest BCUT2D eigenvalue weighted by Gasteiger charge is 2.35. The van der Waals surface area contributed by atoms with Crippen molar-refractivity contribution in [2.24, 2.45) is 5.41 Å². The van der Waals surface area contributed by atoms with Gasteiger partial charge in [-0.15, -0.1) is 5.53 Å². The molecule has 3 aliphatic rings. The molecule has 2 aliphatic carbocycles. The lowest BCUT2D eigenvalue weighted by Crippen LogP contribution is -2.38. The Hall–Kier alpha value is -3.54. The summed E-state index contributed by atoms with van der Waals surface area (Å²) in [5.74, 6) is -0.372. The van der Waals surface area contributed by atoms with E-state index in [2.05, 4.69) is 39.6 Å². The second kappa shape index (κ2) is 9.97. The summed E-state index contributed by atoms with van der Waals surface area (Å²) in [6, 6.07) is 10.7. The molecule has 0 saturated heterocycles. The molecule has 1 aromatic heterocycles. The van der Waals surface area contributed by atoms with E-state index in [4.69, 9.17) is 11.6 Å². The third-order valence-electron chi connectivity index (χ3n) is 8.05. The van der Waals surface area contributed by atoms with Gasteiger partial charge in [0.2, 0.25) is 0 Å². The van der Waals surface area contributed by atoms with Crippen LogP contribution in [0.1, 0.15) is 64.0 Å². The summed E-state index contributed by atoms with van der Waals surface area (Å²) in [6.45, 7) is 2.98. The first-order valence-electron chi connectivity index (χ1n) is 13.7. The number of hydrogen-bond donors (Lipinski definition) is 4. The number of benzene rings is 2. The standard InChI is InChI=1S/C29H31ClFN7/c1-2-29(10-3-11-29)17-34-26-19(14-32)15-33-28-23(26)12-21(13-24(28)30)35-27(18-4-6-20(31)7-5-18)25-16-38(37-36-25)22-8-9-22/h4-7,12-13,15-16,22,27,35-37H,2-3,8-11,17H2,1H3,(H,33,34)/i27D. The number of hydrazine groups is 2. The highest BCUT2D eigenvalue weighted by molar-refractivity contribution is 6.35. The van der Waals surface area contributed by atoms with E-state index in [0.29, 0.717) is 50.2 Å². The molecule has 9 heteroatoms. The van der Waals surface area contributed by atoms with Gasteiger partial charge in [-0.2, -0.15) is 5.26 Å². The molecule has 3 aromatic rings. The zero-order valence-corrected chi connectivity index (χ0v) is 22.0. The van der Waals surface area contributed by atoms with Gasteiger partial charge in [0.15, 0.2) is 0 Å². The SMILES string of the molecule is [2H]C(Nc1cc(Cl)c2ncc(C#N)c(NCC3(CC)CCC3)c2c1)(C1=CN(C2CC2)NN1)c1ccc(F)cc1. The number of aromatic nitrogens is 1. The van der Waals surface area contributed by atoms with Crippen LogP contribution >= 0.6 is 11.6 Å². The van der Waals surface area contributed by atoms with Crippen LogP contribution in [0.3, 0.4) is 0 Å². The Morgan fingerprint density at radius 2 is 2.11 bits per heavy atom. The Morgan fingerprint density at radius 3 is 2.76 bits per heavy atom. The summed E-state index contributed by atoms with van der Waals surface area (Å²) in [6.07, 6.45) is 10.2. The molecule has 2 fully saturated rings. The van der Waals surface area contributed by atoms with Gasteiger partial charge in [-0.05, 0) is 67.3 Å². The first-order chi connectivity index (χ1) is 18.8. The highest BCUT2D eigenvalue weighted by atomic mass is 35.5. The number of pyridine rings is 1. The molecule has 6 rings (SSSR count). The van der Waals surface area contributed by atoms with E-state index in [1.165, 1.54) is 31.4 Å². The average Bonchev–Trinajstić information content (AvgIpc) is 3.64. The van der Waals surface area contributed by atoms with Gasteiger partial charge < -0.3 is 16.1 Å². The van der Waals surface area contributed by atoms with E-state index in [1.54, 1.807) is 24.4 Å². The summed E-state index contributed by atoms with van der Waals surface area (Å²) < 4.78 is 23.4. The van der Waals surface area contributed by atoms with Gasteiger partial charge in [0.05, 0.1) is 34.9 Å². The number of hydrogen-bond acceptors (Lipinski definition) is 7. The molecule has 2 heterocycles. The topological polar surface area (TPSA) is 88.0 Å². The van der Waals surface area contributed by atoms with Crippen molar-refractivity contribution in [3.05, 3.63) is 76.5 Å². The minimum atomic E-state index is -1.49. The van der Waals surface area contributed by atoms with Crippen LogP contribution in [-0.4, -0.2) is 22.6 Å². The second-order valence-electron chi connectivity index (χ2n) is 10.5. The summed E-state index contributed by atoms with van der Waals surface area (Å²) in [5, 5.41) is 19.9. The van der Waals surface area contributed by atoms with Crippen LogP contribution in [0.4, 0.5) is 15.8 Å². The van der Waals surface area contributed by atoms with E-state index < -0.39 is 6.02 Å². The quantitative estimate of drug-likeness (QED) is 0.254. The Bertz CT molecular complexity index is 1470. The third-order valence-corrected chi connectivity index (χ3v) is 8.34. The summed E-state index contributed by atoms with van der Waals surface area (Å²) in [4.78, 5) is 4.48. The number of anilines is 2. The molecule has 0 amide bonds. The van der Waals surface area contributed by atoms with Crippen molar-refractivity contribution < 1.29 is 5.76 Å². The van der Waals surface area contributed by atoms with Crippen LogP contribution in [0, 0.1) is 22.6 Å². The van der Waals surface area contributed by atoms with Crippen molar-refractivity contribution in [1.82, 2.24) is 21.0 Å². The molecule has 1 atom stereocenters. The molecule has 7 nitrogen and oxygen atoms in total. The number of rotatable bonds is 9. The summed E-state index contributed by atoms with van der Waals surface area (Å²) in [5.41, 5.74) is 9.92. The number of nitriles is 1. The van der Waals surface area contributed by atoms with E-state index in [1.807, 2.05) is 17.3 Å². The van der Waals surface area contributed by atoms with Gasteiger partial charge in [0, 0.05) is 36.1 Å². The minimum absolute atomic E-state index is 0.238. The third kappa shape index (κ3) is 4.72. The number of nitrogens with one attached hydrogen (secondary N) is 4. The van der Waals surface area contributed by atoms with Gasteiger partial charge in [-0.25, -0.2) is 4.39 Å². The fourth-order valence-electron chi connectivity index (χ4n) is 5.28. The van der Waals surface area contributed by atoms with Crippen molar-refractivity contribution in [3.8, 4) is 6.07 Å². The first kappa shape index (κ1) is 23.6. The Balaban J connectivity index is 1.41. The fraction of sp³-hybridized carbons (Fsp3) is 0.379. The predicted octanol–water partition coefficient (Wildman–Crippen LogP) is 6.37. The highest BCUT2D eigenvalue weighted by Crippen LogP contribution is 2.44. The van der Waals surface area contributed by atoms with Crippen LogP contribution < -0.4 is 21.6 Å². The number of nitrogens with zero attached hydrogens (tertiary/aromatic N) is 3. The van der Waals surface area contributed by atoms with Gasteiger partial charge in [0.25, 0.3) is 0 Å². The van der Waals surface area contributed by atoms with E-state index in [9.17, 15) is 11.0 Å². The lowest BCUT2D eigenvalue weighted by atomic mass is 9.67. The summed E-state index contributed by atoms with van der Waals surface area (Å²) >= 11 is 6.74. The van der Waals surface area contributed by atoms with Gasteiger partial charge in [-0.3, -0.25) is 9.99 Å². The van der Waals surface area contributed by atoms with Crippen LogP contribution in [-0.2, 0) is 0 Å². The molecule has 1 aliphatic heterocycles. The normalized spacial score (nSPS) is 20.0. The predicted molar refractivity (Wildman–Crippen MR) is 149 cm³/mol. The van der Waals surface area contributed by atoms with E-state index in [0.717, 1.165) is 25.8 Å². The Kier molecular flexibility index (Phi) is 6.18. The van der Waals surface area contributed by atoms with E-state index >= 15 is 0 Å². The zero-order valence-electron chi connectivity index (χ0n) is 22.2. The second-order valence-corrected chi connectivity index (χ2v) is 10.9. The number of halogens is 2. The minimum Gasteiger partial charge on any atom is -0.383 e. The monoisotopic (exact) mass is 532 g/mol. The fourth-order valence-corrected chi connectivity index (χ4v) is 5.54.